The molecule has 0 saturated carbocycles. The third kappa shape index (κ3) is 4.22. The van der Waals surface area contributed by atoms with Gasteiger partial charge in [-0.05, 0) is 37.1 Å². The van der Waals surface area contributed by atoms with Crippen molar-refractivity contribution >= 4 is 11.3 Å². The molecule has 0 fully saturated rings. The van der Waals surface area contributed by atoms with Crippen LogP contribution in [0, 0.1) is 0 Å². The van der Waals surface area contributed by atoms with E-state index in [9.17, 15) is 0 Å². The molecule has 14 heavy (non-hydrogen) atoms. The molecule has 1 rings (SSSR count). The van der Waals surface area contributed by atoms with Crippen molar-refractivity contribution in [3.05, 3.63) is 22.4 Å². The van der Waals surface area contributed by atoms with E-state index in [1.165, 1.54) is 37.0 Å². The van der Waals surface area contributed by atoms with Crippen LogP contribution in [0.15, 0.2) is 17.5 Å². The van der Waals surface area contributed by atoms with Crippen LogP contribution in [0.1, 0.15) is 37.5 Å². The van der Waals surface area contributed by atoms with Gasteiger partial charge in [0.1, 0.15) is 0 Å². The molecule has 3 heteroatoms. The van der Waals surface area contributed by atoms with Crippen molar-refractivity contribution in [3.63, 3.8) is 0 Å². The normalized spacial score (nSPS) is 13.0. The largest absolute Gasteiger partial charge is 0.271 e. The Hall–Kier alpha value is -0.380. The average Bonchev–Trinajstić information content (AvgIpc) is 2.69. The first-order chi connectivity index (χ1) is 6.86. The molecule has 0 aromatic carbocycles. The molecule has 0 aliphatic rings. The highest BCUT2D eigenvalue weighted by molar-refractivity contribution is 7.09. The Morgan fingerprint density at radius 2 is 2.36 bits per heavy atom. The van der Waals surface area contributed by atoms with Gasteiger partial charge in [0, 0.05) is 10.9 Å². The van der Waals surface area contributed by atoms with Crippen molar-refractivity contribution in [2.75, 3.05) is 0 Å². The number of nitrogens with one attached hydrogen (secondary N) is 1. The Kier molecular flexibility index (Phi) is 5.83. The van der Waals surface area contributed by atoms with Crippen molar-refractivity contribution in [2.24, 2.45) is 5.84 Å². The van der Waals surface area contributed by atoms with Gasteiger partial charge in [0.2, 0.25) is 0 Å². The van der Waals surface area contributed by atoms with Crippen LogP contribution in [0.3, 0.4) is 0 Å². The summed E-state index contributed by atoms with van der Waals surface area (Å²) in [6.45, 7) is 2.20. The molecule has 3 N–H and O–H groups in total. The molecule has 1 atom stereocenters. The highest BCUT2D eigenvalue weighted by atomic mass is 32.1. The van der Waals surface area contributed by atoms with Crippen molar-refractivity contribution in [1.82, 2.24) is 5.43 Å². The summed E-state index contributed by atoms with van der Waals surface area (Å²) < 4.78 is 0. The van der Waals surface area contributed by atoms with Crippen LogP contribution in [0.4, 0.5) is 0 Å². The SMILES string of the molecule is CCCC(CCCc1cccs1)NN. The summed E-state index contributed by atoms with van der Waals surface area (Å²) in [6.07, 6.45) is 5.99. The van der Waals surface area contributed by atoms with E-state index in [4.69, 9.17) is 5.84 Å². The van der Waals surface area contributed by atoms with Crippen LogP contribution in [0.25, 0.3) is 0 Å². The van der Waals surface area contributed by atoms with Crippen molar-refractivity contribution < 1.29 is 0 Å². The highest BCUT2D eigenvalue weighted by Crippen LogP contribution is 2.13. The minimum atomic E-state index is 0.500. The van der Waals surface area contributed by atoms with Crippen molar-refractivity contribution in [2.45, 2.75) is 45.1 Å². The van der Waals surface area contributed by atoms with Gasteiger partial charge < -0.3 is 0 Å². The van der Waals surface area contributed by atoms with Gasteiger partial charge >= 0.3 is 0 Å². The second kappa shape index (κ2) is 6.98. The minimum Gasteiger partial charge on any atom is -0.271 e. The van der Waals surface area contributed by atoms with Gasteiger partial charge in [-0.1, -0.05) is 19.4 Å². The zero-order valence-electron chi connectivity index (χ0n) is 8.83. The molecule has 1 aromatic heterocycles. The van der Waals surface area contributed by atoms with E-state index in [2.05, 4.69) is 29.9 Å². The van der Waals surface area contributed by atoms with E-state index in [0.717, 1.165) is 0 Å². The fourth-order valence-electron chi connectivity index (χ4n) is 1.64. The first kappa shape index (κ1) is 11.7. The molecule has 0 bridgehead atoms. The predicted molar refractivity (Wildman–Crippen MR) is 63.3 cm³/mol. The first-order valence-corrected chi connectivity index (χ1v) is 6.23. The molecule has 1 aromatic rings. The molecule has 2 nitrogen and oxygen atoms in total. The number of hydrazine groups is 1. The Balaban J connectivity index is 2.13. The fraction of sp³-hybridized carbons (Fsp3) is 0.636. The van der Waals surface area contributed by atoms with Crippen LogP contribution in [0.2, 0.25) is 0 Å². The molecule has 0 aliphatic carbocycles. The van der Waals surface area contributed by atoms with E-state index < -0.39 is 0 Å². The third-order valence-electron chi connectivity index (χ3n) is 2.43. The zero-order chi connectivity index (χ0) is 10.2. The third-order valence-corrected chi connectivity index (χ3v) is 3.36. The average molecular weight is 212 g/mol. The molecule has 0 spiro atoms. The number of thiophene rings is 1. The first-order valence-electron chi connectivity index (χ1n) is 5.35. The van der Waals surface area contributed by atoms with Gasteiger partial charge in [-0.3, -0.25) is 11.3 Å². The summed E-state index contributed by atoms with van der Waals surface area (Å²) in [5, 5.41) is 2.14. The standard InChI is InChI=1S/C11H20N2S/c1-2-5-10(13-12)6-3-7-11-8-4-9-14-11/h4,8-10,13H,2-3,5-7,12H2,1H3. The number of hydrogen-bond donors (Lipinski definition) is 2. The Morgan fingerprint density at radius 1 is 1.50 bits per heavy atom. The van der Waals surface area contributed by atoms with E-state index >= 15 is 0 Å². The Morgan fingerprint density at radius 3 is 2.93 bits per heavy atom. The smallest absolute Gasteiger partial charge is 0.0210 e. The van der Waals surface area contributed by atoms with Crippen LogP contribution in [0.5, 0.6) is 0 Å². The number of hydrogen-bond acceptors (Lipinski definition) is 3. The van der Waals surface area contributed by atoms with E-state index in [1.54, 1.807) is 0 Å². The molecular formula is C11H20N2S. The quantitative estimate of drug-likeness (QED) is 0.539. The van der Waals surface area contributed by atoms with E-state index in [-0.39, 0.29) is 0 Å². The van der Waals surface area contributed by atoms with E-state index in [1.807, 2.05) is 11.3 Å². The summed E-state index contributed by atoms with van der Waals surface area (Å²) in [5.74, 6) is 5.47. The molecule has 0 saturated heterocycles. The minimum absolute atomic E-state index is 0.500. The summed E-state index contributed by atoms with van der Waals surface area (Å²) in [5.41, 5.74) is 2.89. The Labute approximate surface area is 90.5 Å². The van der Waals surface area contributed by atoms with Gasteiger partial charge in [-0.2, -0.15) is 0 Å². The van der Waals surface area contributed by atoms with Gasteiger partial charge in [0.15, 0.2) is 0 Å². The highest BCUT2D eigenvalue weighted by Gasteiger charge is 2.04. The predicted octanol–water partition coefficient (Wildman–Crippen LogP) is 2.70. The van der Waals surface area contributed by atoms with Crippen LogP contribution >= 0.6 is 11.3 Å². The van der Waals surface area contributed by atoms with Crippen molar-refractivity contribution in [3.8, 4) is 0 Å². The number of rotatable bonds is 7. The zero-order valence-corrected chi connectivity index (χ0v) is 9.65. The van der Waals surface area contributed by atoms with Gasteiger partial charge in [-0.25, -0.2) is 0 Å². The van der Waals surface area contributed by atoms with E-state index in [0.29, 0.717) is 6.04 Å². The summed E-state index contributed by atoms with van der Waals surface area (Å²) in [7, 11) is 0. The van der Waals surface area contributed by atoms with Gasteiger partial charge in [-0.15, -0.1) is 11.3 Å². The maximum absolute atomic E-state index is 5.47. The second-order valence-corrected chi connectivity index (χ2v) is 4.66. The topological polar surface area (TPSA) is 38.0 Å². The van der Waals surface area contributed by atoms with Crippen LogP contribution in [-0.4, -0.2) is 6.04 Å². The lowest BCUT2D eigenvalue weighted by atomic mass is 10.1. The molecular weight excluding hydrogens is 192 g/mol. The lowest BCUT2D eigenvalue weighted by Gasteiger charge is -2.13. The van der Waals surface area contributed by atoms with Crippen LogP contribution < -0.4 is 11.3 Å². The van der Waals surface area contributed by atoms with Gasteiger partial charge in [0.05, 0.1) is 0 Å². The Bertz CT molecular complexity index is 221. The van der Waals surface area contributed by atoms with Gasteiger partial charge in [0.25, 0.3) is 0 Å². The summed E-state index contributed by atoms with van der Waals surface area (Å²) in [4.78, 5) is 1.48. The maximum atomic E-state index is 5.47. The van der Waals surface area contributed by atoms with Crippen LogP contribution in [-0.2, 0) is 6.42 Å². The molecule has 0 radical (unpaired) electrons. The second-order valence-electron chi connectivity index (χ2n) is 3.62. The number of aryl methyl sites for hydroxylation is 1. The lowest BCUT2D eigenvalue weighted by molar-refractivity contribution is 0.448. The summed E-state index contributed by atoms with van der Waals surface area (Å²) >= 11 is 1.84. The maximum Gasteiger partial charge on any atom is 0.0210 e. The van der Waals surface area contributed by atoms with Crippen molar-refractivity contribution in [1.29, 1.82) is 0 Å². The number of nitrogens with two attached hydrogens (primary N) is 1. The molecule has 80 valence electrons. The molecule has 0 aliphatic heterocycles. The molecule has 0 amide bonds. The summed E-state index contributed by atoms with van der Waals surface area (Å²) in [6, 6.07) is 4.82. The lowest BCUT2D eigenvalue weighted by Crippen LogP contribution is -2.34. The fourth-order valence-corrected chi connectivity index (χ4v) is 2.39. The monoisotopic (exact) mass is 212 g/mol. The molecule has 1 heterocycles. The molecule has 1 unspecified atom stereocenters.